The van der Waals surface area contributed by atoms with Crippen LogP contribution >= 0.6 is 11.6 Å². The zero-order chi connectivity index (χ0) is 23.2. The average Bonchev–Trinajstić information content (AvgIpc) is 2.79. The van der Waals surface area contributed by atoms with Crippen molar-refractivity contribution in [2.24, 2.45) is 11.8 Å². The van der Waals surface area contributed by atoms with Crippen LogP contribution in [0.1, 0.15) is 93.4 Å². The number of likely N-dealkylation sites (tertiary alicyclic amines) is 1. The van der Waals surface area contributed by atoms with Crippen LogP contribution in [0.25, 0.3) is 0 Å². The number of amides is 1. The van der Waals surface area contributed by atoms with E-state index >= 15 is 0 Å². The van der Waals surface area contributed by atoms with Crippen LogP contribution in [0, 0.1) is 11.8 Å². The van der Waals surface area contributed by atoms with Crippen LogP contribution in [0.4, 0.5) is 0 Å². The van der Waals surface area contributed by atoms with Gasteiger partial charge in [0.25, 0.3) is 5.91 Å². The molecule has 0 N–H and O–H groups in total. The molecule has 0 aromatic heterocycles. The Bertz CT molecular complexity index is 551. The number of carbonyl (C=O) groups excluding carboxylic acids is 1. The van der Waals surface area contributed by atoms with Gasteiger partial charge in [-0.15, -0.1) is 0 Å². The summed E-state index contributed by atoms with van der Waals surface area (Å²) in [6.07, 6.45) is 12.5. The number of hydrogen-bond acceptors (Lipinski definition) is 2. The van der Waals surface area contributed by atoms with Crippen molar-refractivity contribution < 1.29 is 9.53 Å². The first-order valence-corrected chi connectivity index (χ1v) is 12.4. The minimum absolute atomic E-state index is 0.178. The molecule has 1 aliphatic heterocycles. The van der Waals surface area contributed by atoms with Gasteiger partial charge in [-0.25, -0.2) is 0 Å². The van der Waals surface area contributed by atoms with Gasteiger partial charge in [0.15, 0.2) is 5.60 Å². The first-order valence-electron chi connectivity index (χ1n) is 12.0. The van der Waals surface area contributed by atoms with Gasteiger partial charge in [-0.3, -0.25) is 4.79 Å². The van der Waals surface area contributed by atoms with Gasteiger partial charge in [0.2, 0.25) is 0 Å². The maximum absolute atomic E-state index is 13.4. The van der Waals surface area contributed by atoms with Crippen LogP contribution in [-0.2, 0) is 9.53 Å². The summed E-state index contributed by atoms with van der Waals surface area (Å²) in [6, 6.07) is 0. The second kappa shape index (κ2) is 15.6. The molecule has 0 unspecified atom stereocenters. The van der Waals surface area contributed by atoms with Crippen LogP contribution in [-0.4, -0.2) is 29.5 Å². The monoisotopic (exact) mass is 439 g/mol. The molecule has 4 heteroatoms. The Balaban J connectivity index is 0.00000198. The van der Waals surface area contributed by atoms with Gasteiger partial charge in [0.1, 0.15) is 5.76 Å². The molecule has 0 bridgehead atoms. The van der Waals surface area contributed by atoms with Crippen LogP contribution in [0.3, 0.4) is 0 Å². The largest absolute Gasteiger partial charge is 0.478 e. The lowest BCUT2D eigenvalue weighted by atomic mass is 9.81. The smallest absolute Gasteiger partial charge is 0.266 e. The fraction of sp³-hybridized carbons (Fsp3) is 0.731. The predicted molar refractivity (Wildman–Crippen MR) is 132 cm³/mol. The van der Waals surface area contributed by atoms with E-state index in [0.29, 0.717) is 16.7 Å². The number of nitrogens with zero attached hydrogens (tertiary/aromatic N) is 1. The van der Waals surface area contributed by atoms with E-state index < -0.39 is 5.60 Å². The summed E-state index contributed by atoms with van der Waals surface area (Å²) in [6.45, 7) is 19.9. The Kier molecular flexibility index (Phi) is 14.9. The molecule has 1 aliphatic carbocycles. The highest BCUT2D eigenvalue weighted by molar-refractivity contribution is 6.30. The Morgan fingerprint density at radius 2 is 1.60 bits per heavy atom. The van der Waals surface area contributed by atoms with E-state index in [2.05, 4.69) is 20.4 Å². The first-order chi connectivity index (χ1) is 14.4. The Labute approximate surface area is 191 Å². The number of halogens is 1. The number of carbonyl (C=O) groups is 1. The lowest BCUT2D eigenvalue weighted by molar-refractivity contribution is -0.158. The third-order valence-electron chi connectivity index (χ3n) is 5.85. The van der Waals surface area contributed by atoms with Crippen molar-refractivity contribution in [1.82, 2.24) is 4.90 Å². The van der Waals surface area contributed by atoms with Crippen molar-refractivity contribution in [3.63, 3.8) is 0 Å². The Morgan fingerprint density at radius 3 is 2.03 bits per heavy atom. The third kappa shape index (κ3) is 8.88. The normalized spacial score (nSPS) is 19.5. The van der Waals surface area contributed by atoms with Crippen molar-refractivity contribution in [3.05, 3.63) is 35.6 Å². The summed E-state index contributed by atoms with van der Waals surface area (Å²) in [5, 5.41) is 0.452. The van der Waals surface area contributed by atoms with Crippen molar-refractivity contribution in [3.8, 4) is 0 Å². The Morgan fingerprint density at radius 1 is 1.07 bits per heavy atom. The number of hydrogen-bond donors (Lipinski definition) is 0. The fourth-order valence-corrected chi connectivity index (χ4v) is 4.19. The van der Waals surface area contributed by atoms with Crippen molar-refractivity contribution in [2.75, 3.05) is 13.1 Å². The molecule has 0 aromatic carbocycles. The van der Waals surface area contributed by atoms with Gasteiger partial charge in [-0.1, -0.05) is 66.1 Å². The van der Waals surface area contributed by atoms with Gasteiger partial charge in [-0.2, -0.15) is 0 Å². The lowest BCUT2D eigenvalue weighted by Gasteiger charge is -2.42. The average molecular weight is 440 g/mol. The zero-order valence-electron chi connectivity index (χ0n) is 20.6. The maximum atomic E-state index is 13.4. The third-order valence-corrected chi connectivity index (χ3v) is 5.97. The van der Waals surface area contributed by atoms with Crippen molar-refractivity contribution >= 4 is 17.5 Å². The highest BCUT2D eigenvalue weighted by Crippen LogP contribution is 2.37. The number of rotatable bonds is 6. The van der Waals surface area contributed by atoms with Crippen LogP contribution < -0.4 is 0 Å². The van der Waals surface area contributed by atoms with E-state index in [1.54, 1.807) is 6.08 Å². The molecule has 2 rings (SSSR count). The molecular weight excluding hydrogens is 394 g/mol. The van der Waals surface area contributed by atoms with E-state index in [-0.39, 0.29) is 5.91 Å². The lowest BCUT2D eigenvalue weighted by Crippen LogP contribution is -2.53. The van der Waals surface area contributed by atoms with Gasteiger partial charge >= 0.3 is 0 Å². The molecule has 2 aliphatic rings. The van der Waals surface area contributed by atoms with Gasteiger partial charge < -0.3 is 9.64 Å². The van der Waals surface area contributed by atoms with E-state index in [9.17, 15) is 4.79 Å². The van der Waals surface area contributed by atoms with E-state index in [0.717, 1.165) is 57.5 Å². The number of piperidine rings is 1. The molecule has 0 atom stereocenters. The summed E-state index contributed by atoms with van der Waals surface area (Å²) >= 11 is 5.84. The van der Waals surface area contributed by atoms with Crippen LogP contribution in [0.2, 0.25) is 0 Å². The predicted octanol–water partition coefficient (Wildman–Crippen LogP) is 7.87. The zero-order valence-corrected chi connectivity index (χ0v) is 21.4. The second-order valence-electron chi connectivity index (χ2n) is 8.00. The van der Waals surface area contributed by atoms with E-state index in [4.69, 9.17) is 16.3 Å². The van der Waals surface area contributed by atoms with Gasteiger partial charge in [0.05, 0.1) is 0 Å². The van der Waals surface area contributed by atoms with Gasteiger partial charge in [0, 0.05) is 18.1 Å². The molecule has 1 saturated carbocycles. The molecule has 1 amide bonds. The highest BCUT2D eigenvalue weighted by Gasteiger charge is 2.45. The molecule has 0 aromatic rings. The molecular formula is C26H46ClNO2. The van der Waals surface area contributed by atoms with Crippen LogP contribution in [0.5, 0.6) is 0 Å². The van der Waals surface area contributed by atoms with Crippen LogP contribution in [0.15, 0.2) is 35.6 Å². The van der Waals surface area contributed by atoms with Crippen molar-refractivity contribution in [1.29, 1.82) is 0 Å². The summed E-state index contributed by atoms with van der Waals surface area (Å²) in [5.74, 6) is 2.29. The fourth-order valence-electron chi connectivity index (χ4n) is 4.13. The minimum atomic E-state index is -0.719. The van der Waals surface area contributed by atoms with E-state index in [1.165, 1.54) is 6.42 Å². The van der Waals surface area contributed by atoms with Crippen molar-refractivity contribution in [2.45, 2.75) is 99.0 Å². The molecule has 0 radical (unpaired) electrons. The molecule has 2 fully saturated rings. The summed E-state index contributed by atoms with van der Waals surface area (Å²) < 4.78 is 6.35. The maximum Gasteiger partial charge on any atom is 0.266 e. The second-order valence-corrected chi connectivity index (χ2v) is 8.49. The first kappa shape index (κ1) is 28.8. The van der Waals surface area contributed by atoms with Gasteiger partial charge in [-0.05, 0) is 75.5 Å². The quantitative estimate of drug-likeness (QED) is 0.311. The number of allylic oxidation sites excluding steroid dienone is 4. The summed E-state index contributed by atoms with van der Waals surface area (Å²) in [7, 11) is 0. The molecule has 0 spiro atoms. The highest BCUT2D eigenvalue weighted by atomic mass is 35.5. The minimum Gasteiger partial charge on any atom is -0.478 e. The molecule has 1 heterocycles. The summed E-state index contributed by atoms with van der Waals surface area (Å²) in [5.41, 5.74) is -0.719. The molecule has 174 valence electrons. The molecule has 1 saturated heterocycles. The van der Waals surface area contributed by atoms with E-state index in [1.807, 2.05) is 51.7 Å². The molecule has 3 nitrogen and oxygen atoms in total. The number of ether oxygens (including phenoxy) is 1. The summed E-state index contributed by atoms with van der Waals surface area (Å²) in [4.78, 5) is 15.5. The molecule has 30 heavy (non-hydrogen) atoms. The Hall–Kier alpha value is -1.22. The standard InChI is InChI=1S/C22H34ClNO2.2C2H6/c1-5-20(10-9-18(4)23)26-22(13-7-6-8-14-22)21(25)24-15-11-19(12-16-24)17(2)3;2*1-2/h5,9-10,17,19H,4,6-8,11-16H2,1-3H3;2*1-2H3/b10-9-,20-5+;;. The topological polar surface area (TPSA) is 29.5 Å². The SMILES string of the molecule is C=C(Cl)/C=C\C(=C/C)OC1(C(=O)N2CCC(C(C)C)CC2)CCCCC1.CC.CC.